The number of carbonyl (C=O) groups is 2. The number of anilines is 1. The number of allylic oxidation sites excluding steroid dienone is 1. The van der Waals surface area contributed by atoms with Crippen LogP contribution in [0, 0.1) is 0 Å². The number of hydrogen-bond acceptors (Lipinski definition) is 4. The lowest BCUT2D eigenvalue weighted by molar-refractivity contribution is -0.274. The van der Waals surface area contributed by atoms with Crippen molar-refractivity contribution in [3.8, 4) is 5.75 Å². The molecule has 1 aliphatic rings. The molecule has 1 aromatic carbocycles. The van der Waals surface area contributed by atoms with Crippen molar-refractivity contribution < 1.29 is 27.5 Å². The summed E-state index contributed by atoms with van der Waals surface area (Å²) in [6.45, 7) is 4.16. The Kier molecular flexibility index (Phi) is 6.62. The Morgan fingerprint density at radius 2 is 1.77 bits per heavy atom. The quantitative estimate of drug-likeness (QED) is 0.807. The van der Waals surface area contributed by atoms with E-state index in [0.717, 1.165) is 12.1 Å². The highest BCUT2D eigenvalue weighted by Crippen LogP contribution is 2.23. The Morgan fingerprint density at radius 3 is 2.31 bits per heavy atom. The first-order chi connectivity index (χ1) is 12.3. The fourth-order valence-corrected chi connectivity index (χ4v) is 2.52. The van der Waals surface area contributed by atoms with E-state index < -0.39 is 6.36 Å². The van der Waals surface area contributed by atoms with Crippen LogP contribution in [0.3, 0.4) is 0 Å². The number of nitrogens with zero attached hydrogens (tertiary/aromatic N) is 2. The minimum atomic E-state index is -4.75. The number of rotatable bonds is 5. The van der Waals surface area contributed by atoms with Crippen LogP contribution in [0.2, 0.25) is 0 Å². The number of nitrogens with one attached hydrogen (secondary N) is 1. The Bertz CT molecular complexity index is 651. The molecule has 0 bridgehead atoms. The number of ether oxygens (including phenoxy) is 1. The lowest BCUT2D eigenvalue weighted by atomic mass is 10.2. The van der Waals surface area contributed by atoms with Gasteiger partial charge in [0.15, 0.2) is 0 Å². The predicted octanol–water partition coefficient (Wildman–Crippen LogP) is 2.24. The number of alkyl halides is 3. The average molecular weight is 371 g/mol. The minimum absolute atomic E-state index is 0.0437. The van der Waals surface area contributed by atoms with Crippen molar-refractivity contribution in [2.24, 2.45) is 0 Å². The van der Waals surface area contributed by atoms with Crippen molar-refractivity contribution in [3.63, 3.8) is 0 Å². The lowest BCUT2D eigenvalue weighted by Gasteiger charge is -2.33. The first kappa shape index (κ1) is 19.8. The predicted molar refractivity (Wildman–Crippen MR) is 89.6 cm³/mol. The van der Waals surface area contributed by atoms with Gasteiger partial charge in [0.1, 0.15) is 5.75 Å². The van der Waals surface area contributed by atoms with Gasteiger partial charge in [0.05, 0.1) is 6.54 Å². The van der Waals surface area contributed by atoms with Crippen LogP contribution >= 0.6 is 0 Å². The topological polar surface area (TPSA) is 61.9 Å². The van der Waals surface area contributed by atoms with Gasteiger partial charge in [-0.3, -0.25) is 14.5 Å². The molecule has 0 aromatic heterocycles. The van der Waals surface area contributed by atoms with Crippen LogP contribution < -0.4 is 10.1 Å². The van der Waals surface area contributed by atoms with E-state index in [1.807, 2.05) is 4.90 Å². The molecule has 2 amide bonds. The summed E-state index contributed by atoms with van der Waals surface area (Å²) in [5.74, 6) is -0.669. The maximum Gasteiger partial charge on any atom is 0.573 e. The minimum Gasteiger partial charge on any atom is -0.406 e. The molecule has 0 spiro atoms. The van der Waals surface area contributed by atoms with E-state index in [1.54, 1.807) is 17.9 Å². The van der Waals surface area contributed by atoms with Gasteiger partial charge in [0, 0.05) is 31.9 Å². The summed E-state index contributed by atoms with van der Waals surface area (Å²) in [7, 11) is 0. The van der Waals surface area contributed by atoms with E-state index in [2.05, 4.69) is 10.1 Å². The smallest absolute Gasteiger partial charge is 0.406 e. The van der Waals surface area contributed by atoms with Crippen molar-refractivity contribution in [1.82, 2.24) is 9.80 Å². The van der Waals surface area contributed by atoms with Gasteiger partial charge in [-0.2, -0.15) is 0 Å². The molecule has 0 atom stereocenters. The molecule has 6 nitrogen and oxygen atoms in total. The Hall–Kier alpha value is -2.55. The third-order valence-electron chi connectivity index (χ3n) is 3.73. The first-order valence-corrected chi connectivity index (χ1v) is 8.06. The number of carbonyl (C=O) groups excluding carboxylic acids is 2. The molecule has 142 valence electrons. The SMILES string of the molecule is C/C=C/C(=O)N1CCN(CC(=O)Nc2ccc(OC(F)(F)F)cc2)CC1. The molecule has 0 unspecified atom stereocenters. The highest BCUT2D eigenvalue weighted by molar-refractivity contribution is 5.92. The van der Waals surface area contributed by atoms with E-state index in [0.29, 0.717) is 31.9 Å². The van der Waals surface area contributed by atoms with Gasteiger partial charge < -0.3 is 15.0 Å². The van der Waals surface area contributed by atoms with E-state index in [1.165, 1.54) is 18.2 Å². The molecule has 1 heterocycles. The summed E-state index contributed by atoms with van der Waals surface area (Å²) in [4.78, 5) is 27.4. The summed E-state index contributed by atoms with van der Waals surface area (Å²) in [5.41, 5.74) is 0.381. The number of halogens is 3. The average Bonchev–Trinajstić information content (AvgIpc) is 2.56. The molecule has 9 heteroatoms. The van der Waals surface area contributed by atoms with Crippen LogP contribution in [0.25, 0.3) is 0 Å². The van der Waals surface area contributed by atoms with E-state index in [9.17, 15) is 22.8 Å². The molecule has 1 saturated heterocycles. The molecular formula is C17H20F3N3O3. The molecular weight excluding hydrogens is 351 g/mol. The zero-order valence-electron chi connectivity index (χ0n) is 14.3. The van der Waals surface area contributed by atoms with Gasteiger partial charge in [-0.25, -0.2) is 0 Å². The summed E-state index contributed by atoms with van der Waals surface area (Å²) >= 11 is 0. The van der Waals surface area contributed by atoms with Crippen molar-refractivity contribution >= 4 is 17.5 Å². The van der Waals surface area contributed by atoms with Crippen molar-refractivity contribution in [3.05, 3.63) is 36.4 Å². The van der Waals surface area contributed by atoms with Crippen LogP contribution in [0.1, 0.15) is 6.92 Å². The second-order valence-corrected chi connectivity index (χ2v) is 5.72. The molecule has 2 rings (SSSR count). The molecule has 1 fully saturated rings. The number of hydrogen-bond donors (Lipinski definition) is 1. The molecule has 1 N–H and O–H groups in total. The molecule has 0 aliphatic carbocycles. The second-order valence-electron chi connectivity index (χ2n) is 5.72. The highest BCUT2D eigenvalue weighted by atomic mass is 19.4. The normalized spacial score (nSPS) is 15.9. The number of piperazine rings is 1. The highest BCUT2D eigenvalue weighted by Gasteiger charge is 2.31. The first-order valence-electron chi connectivity index (χ1n) is 8.06. The zero-order chi connectivity index (χ0) is 19.2. The number of amides is 2. The zero-order valence-corrected chi connectivity index (χ0v) is 14.3. The maximum atomic E-state index is 12.1. The summed E-state index contributed by atoms with van der Waals surface area (Å²) in [5, 5.41) is 2.62. The van der Waals surface area contributed by atoms with Crippen molar-refractivity contribution in [1.29, 1.82) is 0 Å². The van der Waals surface area contributed by atoms with Crippen molar-refractivity contribution in [2.45, 2.75) is 13.3 Å². The number of benzene rings is 1. The van der Waals surface area contributed by atoms with Crippen LogP contribution in [0.15, 0.2) is 36.4 Å². The third kappa shape index (κ3) is 6.40. The molecule has 0 saturated carbocycles. The summed E-state index contributed by atoms with van der Waals surface area (Å²) in [6, 6.07) is 4.95. The summed E-state index contributed by atoms with van der Waals surface area (Å²) in [6.07, 6.45) is -1.55. The van der Waals surface area contributed by atoms with Crippen LogP contribution in [-0.2, 0) is 9.59 Å². The van der Waals surface area contributed by atoms with E-state index in [4.69, 9.17) is 0 Å². The van der Waals surface area contributed by atoms with Gasteiger partial charge in [0.25, 0.3) is 0 Å². The monoisotopic (exact) mass is 371 g/mol. The van der Waals surface area contributed by atoms with Gasteiger partial charge in [-0.15, -0.1) is 13.2 Å². The van der Waals surface area contributed by atoms with E-state index in [-0.39, 0.29) is 24.1 Å². The third-order valence-corrected chi connectivity index (χ3v) is 3.73. The molecule has 26 heavy (non-hydrogen) atoms. The fourth-order valence-electron chi connectivity index (χ4n) is 2.52. The van der Waals surface area contributed by atoms with Crippen LogP contribution in [0.4, 0.5) is 18.9 Å². The Labute approximate surface area is 149 Å². The largest absolute Gasteiger partial charge is 0.573 e. The Balaban J connectivity index is 1.78. The van der Waals surface area contributed by atoms with Gasteiger partial charge in [0.2, 0.25) is 11.8 Å². The van der Waals surface area contributed by atoms with Gasteiger partial charge >= 0.3 is 6.36 Å². The van der Waals surface area contributed by atoms with E-state index >= 15 is 0 Å². The molecule has 1 aromatic rings. The van der Waals surface area contributed by atoms with Gasteiger partial charge in [-0.1, -0.05) is 6.08 Å². The summed E-state index contributed by atoms with van der Waals surface area (Å²) < 4.78 is 40.1. The second kappa shape index (κ2) is 8.70. The Morgan fingerprint density at radius 1 is 1.15 bits per heavy atom. The van der Waals surface area contributed by atoms with Crippen LogP contribution in [0.5, 0.6) is 5.75 Å². The molecule has 0 radical (unpaired) electrons. The molecule has 1 aliphatic heterocycles. The maximum absolute atomic E-state index is 12.1. The lowest BCUT2D eigenvalue weighted by Crippen LogP contribution is -2.50. The van der Waals surface area contributed by atoms with Crippen molar-refractivity contribution in [2.75, 3.05) is 38.0 Å². The fraction of sp³-hybridized carbons (Fsp3) is 0.412. The standard InChI is InChI=1S/C17H20F3N3O3/c1-2-3-16(25)23-10-8-22(9-11-23)12-15(24)21-13-4-6-14(7-5-13)26-17(18,19)20/h2-7H,8-12H2,1H3,(H,21,24)/b3-2+. The van der Waals surface area contributed by atoms with Gasteiger partial charge in [-0.05, 0) is 37.3 Å². The van der Waals surface area contributed by atoms with Crippen LogP contribution in [-0.4, -0.2) is 60.7 Å².